The molecule has 0 fully saturated rings. The summed E-state index contributed by atoms with van der Waals surface area (Å²) in [5, 5.41) is 17.4. The summed E-state index contributed by atoms with van der Waals surface area (Å²) in [7, 11) is 1.57. The standard InChI is InChI=1S/C20H22N4O5/c1-13-4-7-16(24(27)28)12-18(13)21-19(25)10-14(2)22-23-20(26)11-15-5-8-17(29-3)9-6-15/h4-9,12H,10-11H2,1-3H3,(H,21,25)(H,23,26). The molecule has 9 heteroatoms. The summed E-state index contributed by atoms with van der Waals surface area (Å²) in [6, 6.07) is 11.3. The Morgan fingerprint density at radius 3 is 2.45 bits per heavy atom. The SMILES string of the molecule is COc1ccc(CC(=O)NN=C(C)CC(=O)Nc2cc([N+](=O)[O-])ccc2C)cc1. The normalized spacial score (nSPS) is 10.9. The van der Waals surface area contributed by atoms with Crippen molar-refractivity contribution in [2.45, 2.75) is 26.7 Å². The highest BCUT2D eigenvalue weighted by Gasteiger charge is 2.12. The van der Waals surface area contributed by atoms with Crippen molar-refractivity contribution in [1.82, 2.24) is 5.43 Å². The monoisotopic (exact) mass is 398 g/mol. The second-order valence-corrected chi connectivity index (χ2v) is 6.39. The molecular weight excluding hydrogens is 376 g/mol. The number of carbonyl (C=O) groups excluding carboxylic acids is 2. The highest BCUT2D eigenvalue weighted by Crippen LogP contribution is 2.22. The van der Waals surface area contributed by atoms with Crippen LogP contribution < -0.4 is 15.5 Å². The van der Waals surface area contributed by atoms with Gasteiger partial charge in [0.15, 0.2) is 0 Å². The molecule has 2 aromatic carbocycles. The number of non-ortho nitro benzene ring substituents is 1. The topological polar surface area (TPSA) is 123 Å². The highest BCUT2D eigenvalue weighted by molar-refractivity contribution is 6.06. The van der Waals surface area contributed by atoms with Crippen LogP contribution in [0.25, 0.3) is 0 Å². The maximum Gasteiger partial charge on any atom is 0.271 e. The molecule has 0 unspecified atom stereocenters. The number of nitro groups is 1. The Balaban J connectivity index is 1.88. The van der Waals surface area contributed by atoms with Crippen LogP contribution in [0, 0.1) is 17.0 Å². The summed E-state index contributed by atoms with van der Waals surface area (Å²) in [6.07, 6.45) is 0.0742. The Bertz CT molecular complexity index is 938. The van der Waals surface area contributed by atoms with Gasteiger partial charge in [0.05, 0.1) is 30.6 Å². The van der Waals surface area contributed by atoms with Gasteiger partial charge in [0.25, 0.3) is 5.69 Å². The Hall–Kier alpha value is -3.75. The van der Waals surface area contributed by atoms with Gasteiger partial charge in [-0.15, -0.1) is 0 Å². The third kappa shape index (κ3) is 6.73. The van der Waals surface area contributed by atoms with E-state index in [0.717, 1.165) is 5.56 Å². The summed E-state index contributed by atoms with van der Waals surface area (Å²) in [4.78, 5) is 34.5. The maximum atomic E-state index is 12.2. The van der Waals surface area contributed by atoms with E-state index >= 15 is 0 Å². The van der Waals surface area contributed by atoms with Gasteiger partial charge in [0, 0.05) is 17.8 Å². The number of rotatable bonds is 8. The van der Waals surface area contributed by atoms with E-state index in [4.69, 9.17) is 4.74 Å². The Labute approximate surface area is 167 Å². The summed E-state index contributed by atoms with van der Waals surface area (Å²) in [6.45, 7) is 3.34. The lowest BCUT2D eigenvalue weighted by Crippen LogP contribution is -2.23. The van der Waals surface area contributed by atoms with Crippen LogP contribution in [0.15, 0.2) is 47.6 Å². The Morgan fingerprint density at radius 2 is 1.83 bits per heavy atom. The van der Waals surface area contributed by atoms with Crippen molar-refractivity contribution in [2.75, 3.05) is 12.4 Å². The third-order valence-electron chi connectivity index (χ3n) is 4.02. The zero-order valence-corrected chi connectivity index (χ0v) is 16.4. The number of hydrogen-bond acceptors (Lipinski definition) is 6. The Morgan fingerprint density at radius 1 is 1.14 bits per heavy atom. The number of carbonyl (C=O) groups is 2. The predicted octanol–water partition coefficient (Wildman–Crippen LogP) is 2.98. The van der Waals surface area contributed by atoms with Crippen molar-refractivity contribution in [3.8, 4) is 5.75 Å². The van der Waals surface area contributed by atoms with Crippen LogP contribution in [0.1, 0.15) is 24.5 Å². The zero-order valence-electron chi connectivity index (χ0n) is 16.4. The fraction of sp³-hybridized carbons (Fsp3) is 0.250. The van der Waals surface area contributed by atoms with E-state index < -0.39 is 4.92 Å². The molecule has 0 atom stereocenters. The van der Waals surface area contributed by atoms with E-state index in [2.05, 4.69) is 15.8 Å². The molecule has 0 aromatic heterocycles. The van der Waals surface area contributed by atoms with E-state index in [0.29, 0.717) is 22.7 Å². The maximum absolute atomic E-state index is 12.2. The van der Waals surface area contributed by atoms with Crippen LogP contribution in [0.3, 0.4) is 0 Å². The highest BCUT2D eigenvalue weighted by atomic mass is 16.6. The van der Waals surface area contributed by atoms with E-state index in [1.54, 1.807) is 51.3 Å². The van der Waals surface area contributed by atoms with E-state index in [-0.39, 0.29) is 30.3 Å². The van der Waals surface area contributed by atoms with Gasteiger partial charge in [-0.1, -0.05) is 18.2 Å². The lowest BCUT2D eigenvalue weighted by Gasteiger charge is -2.08. The molecule has 0 saturated carbocycles. The quantitative estimate of drug-likeness (QED) is 0.402. The number of amides is 2. The smallest absolute Gasteiger partial charge is 0.271 e. The number of nitrogens with one attached hydrogen (secondary N) is 2. The van der Waals surface area contributed by atoms with Crippen molar-refractivity contribution in [1.29, 1.82) is 0 Å². The molecule has 152 valence electrons. The molecule has 9 nitrogen and oxygen atoms in total. The minimum atomic E-state index is -0.528. The van der Waals surface area contributed by atoms with Crippen molar-refractivity contribution >= 4 is 28.9 Å². The van der Waals surface area contributed by atoms with Gasteiger partial charge in [-0.05, 0) is 37.1 Å². The van der Waals surface area contributed by atoms with Crippen LogP contribution >= 0.6 is 0 Å². The molecule has 2 rings (SSSR count). The lowest BCUT2D eigenvalue weighted by atomic mass is 10.1. The molecule has 0 radical (unpaired) electrons. The number of nitro benzene ring substituents is 1. The first-order chi connectivity index (χ1) is 13.8. The molecular formula is C20H22N4O5. The molecule has 2 aromatic rings. The number of methoxy groups -OCH3 is 1. The van der Waals surface area contributed by atoms with Crippen LogP contribution in [0.2, 0.25) is 0 Å². The van der Waals surface area contributed by atoms with E-state index in [1.807, 2.05) is 0 Å². The molecule has 0 heterocycles. The molecule has 0 bridgehead atoms. The molecule has 2 N–H and O–H groups in total. The average Bonchev–Trinajstić information content (AvgIpc) is 2.68. The average molecular weight is 398 g/mol. The van der Waals surface area contributed by atoms with Gasteiger partial charge in [0.2, 0.25) is 11.8 Å². The third-order valence-corrected chi connectivity index (χ3v) is 4.02. The van der Waals surface area contributed by atoms with E-state index in [9.17, 15) is 19.7 Å². The summed E-state index contributed by atoms with van der Waals surface area (Å²) in [5.41, 5.74) is 4.56. The number of ether oxygens (including phenoxy) is 1. The predicted molar refractivity (Wildman–Crippen MR) is 109 cm³/mol. The van der Waals surface area contributed by atoms with Crippen molar-refractivity contribution in [2.24, 2.45) is 5.10 Å². The first-order valence-electron chi connectivity index (χ1n) is 8.78. The number of benzene rings is 2. The number of nitrogens with zero attached hydrogens (tertiary/aromatic N) is 2. The number of anilines is 1. The van der Waals surface area contributed by atoms with E-state index in [1.165, 1.54) is 12.1 Å². The second-order valence-electron chi connectivity index (χ2n) is 6.39. The first-order valence-corrected chi connectivity index (χ1v) is 8.78. The van der Waals surface area contributed by atoms with Crippen LogP contribution in [-0.2, 0) is 16.0 Å². The number of aryl methyl sites for hydroxylation is 1. The van der Waals surface area contributed by atoms with Crippen molar-refractivity contribution in [3.63, 3.8) is 0 Å². The van der Waals surface area contributed by atoms with Crippen LogP contribution in [0.5, 0.6) is 5.75 Å². The summed E-state index contributed by atoms with van der Waals surface area (Å²) in [5.74, 6) is -0.00303. The fourth-order valence-electron chi connectivity index (χ4n) is 2.45. The van der Waals surface area contributed by atoms with Crippen LogP contribution in [0.4, 0.5) is 11.4 Å². The molecule has 2 amide bonds. The zero-order chi connectivity index (χ0) is 21.4. The van der Waals surface area contributed by atoms with Gasteiger partial charge in [-0.2, -0.15) is 5.10 Å². The Kier molecular flexibility index (Phi) is 7.41. The molecule has 0 aliphatic heterocycles. The van der Waals surface area contributed by atoms with Gasteiger partial charge in [0.1, 0.15) is 5.75 Å². The van der Waals surface area contributed by atoms with Crippen LogP contribution in [-0.4, -0.2) is 29.6 Å². The number of hydrogen-bond donors (Lipinski definition) is 2. The summed E-state index contributed by atoms with van der Waals surface area (Å²) >= 11 is 0. The van der Waals surface area contributed by atoms with Gasteiger partial charge in [-0.25, -0.2) is 5.43 Å². The first kappa shape index (κ1) is 21.5. The lowest BCUT2D eigenvalue weighted by molar-refractivity contribution is -0.384. The van der Waals surface area contributed by atoms with Gasteiger partial charge < -0.3 is 10.1 Å². The fourth-order valence-corrected chi connectivity index (χ4v) is 2.45. The second kappa shape index (κ2) is 9.98. The minimum Gasteiger partial charge on any atom is -0.497 e. The molecule has 0 aliphatic carbocycles. The van der Waals surface area contributed by atoms with Gasteiger partial charge in [-0.3, -0.25) is 19.7 Å². The summed E-state index contributed by atoms with van der Waals surface area (Å²) < 4.78 is 5.06. The molecule has 0 spiro atoms. The minimum absolute atomic E-state index is 0.0645. The molecule has 0 aliphatic rings. The largest absolute Gasteiger partial charge is 0.497 e. The molecule has 0 saturated heterocycles. The van der Waals surface area contributed by atoms with Gasteiger partial charge >= 0.3 is 0 Å². The van der Waals surface area contributed by atoms with Crippen molar-refractivity contribution in [3.05, 3.63) is 63.7 Å². The molecule has 29 heavy (non-hydrogen) atoms. The van der Waals surface area contributed by atoms with Crippen molar-refractivity contribution < 1.29 is 19.2 Å². The number of hydrazone groups is 1.